The summed E-state index contributed by atoms with van der Waals surface area (Å²) in [7, 11) is -2.19. The van der Waals surface area contributed by atoms with Crippen molar-refractivity contribution in [1.82, 2.24) is 0 Å². The van der Waals surface area contributed by atoms with Gasteiger partial charge in [-0.3, -0.25) is 9.10 Å². The van der Waals surface area contributed by atoms with E-state index in [2.05, 4.69) is 0 Å². The van der Waals surface area contributed by atoms with Crippen LogP contribution in [0.15, 0.2) is 30.3 Å². The van der Waals surface area contributed by atoms with Crippen LogP contribution < -0.4 is 4.31 Å². The van der Waals surface area contributed by atoms with Gasteiger partial charge in [0.15, 0.2) is 0 Å². The second kappa shape index (κ2) is 7.10. The zero-order valence-corrected chi connectivity index (χ0v) is 11.5. The van der Waals surface area contributed by atoms with E-state index >= 15 is 0 Å². The van der Waals surface area contributed by atoms with Gasteiger partial charge in [-0.2, -0.15) is 0 Å². The smallest absolute Gasteiger partial charge is 0.324 e. The average Bonchev–Trinajstić information content (AvgIpc) is 2.37. The molecule has 1 N–H and O–H groups in total. The van der Waals surface area contributed by atoms with Crippen LogP contribution >= 0.6 is 0 Å². The molecule has 106 valence electrons. The normalized spacial score (nSPS) is 11.2. The summed E-state index contributed by atoms with van der Waals surface area (Å²) in [4.78, 5) is 10.8. The quantitative estimate of drug-likeness (QED) is 0.719. The first-order valence-corrected chi connectivity index (χ1v) is 7.34. The lowest BCUT2D eigenvalue weighted by atomic mass is 10.3. The van der Waals surface area contributed by atoms with Gasteiger partial charge in [-0.1, -0.05) is 18.2 Å². The van der Waals surface area contributed by atoms with Crippen molar-refractivity contribution in [2.75, 3.05) is 30.3 Å². The minimum atomic E-state index is -3.67. The summed E-state index contributed by atoms with van der Waals surface area (Å²) in [5.74, 6) is -1.35. The molecule has 0 atom stereocenters. The summed E-state index contributed by atoms with van der Waals surface area (Å²) in [5.41, 5.74) is 0.349. The standard InChI is InChI=1S/C12H17NO5S/c1-18-8-5-9-19(16,17)13(10-12(14)15)11-6-3-2-4-7-11/h2-4,6-7H,5,8-10H2,1H3,(H,14,15). The van der Waals surface area contributed by atoms with Gasteiger partial charge in [-0.25, -0.2) is 8.42 Å². The number of para-hydroxylation sites is 1. The molecule has 0 spiro atoms. The van der Waals surface area contributed by atoms with Gasteiger partial charge < -0.3 is 9.84 Å². The first-order valence-electron chi connectivity index (χ1n) is 5.73. The molecule has 0 fully saturated rings. The van der Waals surface area contributed by atoms with E-state index in [9.17, 15) is 13.2 Å². The maximum Gasteiger partial charge on any atom is 0.324 e. The lowest BCUT2D eigenvalue weighted by Crippen LogP contribution is -2.37. The average molecular weight is 287 g/mol. The summed E-state index contributed by atoms with van der Waals surface area (Å²) in [6.07, 6.45) is 0.321. The highest BCUT2D eigenvalue weighted by atomic mass is 32.2. The highest BCUT2D eigenvalue weighted by molar-refractivity contribution is 7.92. The van der Waals surface area contributed by atoms with Crippen LogP contribution in [0.1, 0.15) is 6.42 Å². The summed E-state index contributed by atoms with van der Waals surface area (Å²) < 4.78 is 30.0. The van der Waals surface area contributed by atoms with E-state index in [4.69, 9.17) is 9.84 Å². The second-order valence-electron chi connectivity index (χ2n) is 3.90. The van der Waals surface area contributed by atoms with Crippen molar-refractivity contribution in [1.29, 1.82) is 0 Å². The number of hydrogen-bond acceptors (Lipinski definition) is 4. The lowest BCUT2D eigenvalue weighted by molar-refractivity contribution is -0.135. The number of rotatable bonds is 8. The fraction of sp³-hybridized carbons (Fsp3) is 0.417. The van der Waals surface area contributed by atoms with Gasteiger partial charge in [0.2, 0.25) is 10.0 Å². The van der Waals surface area contributed by atoms with E-state index in [-0.39, 0.29) is 5.75 Å². The maximum atomic E-state index is 12.1. The number of aliphatic carboxylic acids is 1. The second-order valence-corrected chi connectivity index (χ2v) is 5.91. The molecule has 1 aromatic carbocycles. The van der Waals surface area contributed by atoms with Crippen LogP contribution in [-0.2, 0) is 19.6 Å². The summed E-state index contributed by atoms with van der Waals surface area (Å²) in [6, 6.07) is 8.19. The monoisotopic (exact) mass is 287 g/mol. The third-order valence-electron chi connectivity index (χ3n) is 2.41. The van der Waals surface area contributed by atoms with Crippen molar-refractivity contribution in [3.8, 4) is 0 Å². The van der Waals surface area contributed by atoms with Gasteiger partial charge >= 0.3 is 5.97 Å². The van der Waals surface area contributed by atoms with Crippen LogP contribution in [-0.4, -0.2) is 45.5 Å². The van der Waals surface area contributed by atoms with Crippen LogP contribution in [0.2, 0.25) is 0 Å². The molecule has 6 nitrogen and oxygen atoms in total. The fourth-order valence-corrected chi connectivity index (χ4v) is 3.02. The van der Waals surface area contributed by atoms with Crippen LogP contribution in [0.3, 0.4) is 0 Å². The number of carboxylic acids is 1. The Morgan fingerprint density at radius 1 is 1.32 bits per heavy atom. The summed E-state index contributed by atoms with van der Waals surface area (Å²) in [6.45, 7) is -0.270. The van der Waals surface area contributed by atoms with E-state index in [1.165, 1.54) is 7.11 Å². The molecule has 0 aliphatic rings. The molecule has 19 heavy (non-hydrogen) atoms. The number of methoxy groups -OCH3 is 1. The minimum absolute atomic E-state index is 0.150. The van der Waals surface area contributed by atoms with Crippen LogP contribution in [0.25, 0.3) is 0 Å². The first kappa shape index (κ1) is 15.5. The molecule has 7 heteroatoms. The largest absolute Gasteiger partial charge is 0.480 e. The third-order valence-corrected chi connectivity index (χ3v) is 4.23. The van der Waals surface area contributed by atoms with E-state index in [1.54, 1.807) is 30.3 Å². The van der Waals surface area contributed by atoms with Crippen molar-refractivity contribution >= 4 is 21.7 Å². The van der Waals surface area contributed by atoms with Gasteiger partial charge in [0, 0.05) is 13.7 Å². The van der Waals surface area contributed by atoms with E-state index in [0.717, 1.165) is 4.31 Å². The third kappa shape index (κ3) is 4.88. The molecule has 1 aromatic rings. The Balaban J connectivity index is 2.94. The van der Waals surface area contributed by atoms with Crippen molar-refractivity contribution in [2.24, 2.45) is 0 Å². The first-order chi connectivity index (χ1) is 8.97. The Kier molecular flexibility index (Phi) is 5.78. The molecule has 0 heterocycles. The van der Waals surface area contributed by atoms with Crippen molar-refractivity contribution in [3.63, 3.8) is 0 Å². The predicted octanol–water partition coefficient (Wildman–Crippen LogP) is 0.944. The lowest BCUT2D eigenvalue weighted by Gasteiger charge is -2.22. The van der Waals surface area contributed by atoms with Crippen molar-refractivity contribution in [3.05, 3.63) is 30.3 Å². The Bertz CT molecular complexity index is 500. The molecular weight excluding hydrogens is 270 g/mol. The van der Waals surface area contributed by atoms with Crippen molar-refractivity contribution < 1.29 is 23.1 Å². The molecule has 0 saturated carbocycles. The Morgan fingerprint density at radius 3 is 2.47 bits per heavy atom. The predicted molar refractivity (Wildman–Crippen MR) is 71.7 cm³/mol. The molecule has 0 amide bonds. The molecule has 0 aromatic heterocycles. The zero-order valence-electron chi connectivity index (χ0n) is 10.7. The van der Waals surface area contributed by atoms with E-state index in [1.807, 2.05) is 0 Å². The Hall–Kier alpha value is -1.60. The van der Waals surface area contributed by atoms with E-state index in [0.29, 0.717) is 18.7 Å². The zero-order chi connectivity index (χ0) is 14.3. The van der Waals surface area contributed by atoms with Gasteiger partial charge in [-0.15, -0.1) is 0 Å². The number of ether oxygens (including phenoxy) is 1. The topological polar surface area (TPSA) is 83.9 Å². The van der Waals surface area contributed by atoms with Crippen LogP contribution in [0, 0.1) is 0 Å². The molecule has 0 bridgehead atoms. The number of nitrogens with zero attached hydrogens (tertiary/aromatic N) is 1. The summed E-state index contributed by atoms with van der Waals surface area (Å²) >= 11 is 0. The highest BCUT2D eigenvalue weighted by Crippen LogP contribution is 2.18. The van der Waals surface area contributed by atoms with Gasteiger partial charge in [-0.05, 0) is 18.6 Å². The Morgan fingerprint density at radius 2 is 1.95 bits per heavy atom. The van der Waals surface area contributed by atoms with E-state index < -0.39 is 22.5 Å². The number of carbonyl (C=O) groups is 1. The number of benzene rings is 1. The fourth-order valence-electron chi connectivity index (χ4n) is 1.56. The molecule has 0 aliphatic heterocycles. The van der Waals surface area contributed by atoms with Crippen molar-refractivity contribution in [2.45, 2.75) is 6.42 Å². The molecule has 0 saturated heterocycles. The number of carboxylic acid groups (broad SMARTS) is 1. The molecule has 0 radical (unpaired) electrons. The number of anilines is 1. The SMILES string of the molecule is COCCCS(=O)(=O)N(CC(=O)O)c1ccccc1. The molecule has 0 aliphatic carbocycles. The Labute approximate surface area is 112 Å². The number of hydrogen-bond donors (Lipinski definition) is 1. The number of sulfonamides is 1. The highest BCUT2D eigenvalue weighted by Gasteiger charge is 2.24. The van der Waals surface area contributed by atoms with Gasteiger partial charge in [0.05, 0.1) is 11.4 Å². The van der Waals surface area contributed by atoms with Gasteiger partial charge in [0.1, 0.15) is 6.54 Å². The molecule has 0 unspecified atom stereocenters. The maximum absolute atomic E-state index is 12.1. The molecule has 1 rings (SSSR count). The van der Waals surface area contributed by atoms with Crippen LogP contribution in [0.5, 0.6) is 0 Å². The molecular formula is C12H17NO5S. The minimum Gasteiger partial charge on any atom is -0.480 e. The van der Waals surface area contributed by atoms with Crippen LogP contribution in [0.4, 0.5) is 5.69 Å². The van der Waals surface area contributed by atoms with Gasteiger partial charge in [0.25, 0.3) is 0 Å². The summed E-state index contributed by atoms with van der Waals surface area (Å²) in [5, 5.41) is 8.85.